The molecule has 0 radical (unpaired) electrons. The van der Waals surface area contributed by atoms with Crippen molar-refractivity contribution < 1.29 is 4.74 Å². The van der Waals surface area contributed by atoms with Gasteiger partial charge in [-0.1, -0.05) is 23.7 Å². The van der Waals surface area contributed by atoms with Crippen molar-refractivity contribution in [3.8, 4) is 5.75 Å². The molecule has 0 atom stereocenters. The molecule has 1 aromatic carbocycles. The molecular weight excluding hydrogens is 332 g/mol. The van der Waals surface area contributed by atoms with Gasteiger partial charge in [-0.2, -0.15) is 0 Å². The minimum atomic E-state index is 0.207. The van der Waals surface area contributed by atoms with E-state index in [9.17, 15) is 0 Å². The highest BCUT2D eigenvalue weighted by Gasteiger charge is 2.06. The van der Waals surface area contributed by atoms with Crippen molar-refractivity contribution in [2.24, 2.45) is 0 Å². The molecule has 2 rings (SSSR count). The molecule has 0 saturated carbocycles. The van der Waals surface area contributed by atoms with E-state index in [0.717, 1.165) is 25.9 Å². The predicted molar refractivity (Wildman–Crippen MR) is 82.0 cm³/mol. The van der Waals surface area contributed by atoms with Crippen molar-refractivity contribution in [3.05, 3.63) is 49.6 Å². The van der Waals surface area contributed by atoms with E-state index < -0.39 is 0 Å². The second kappa shape index (κ2) is 6.09. The molecule has 0 aliphatic heterocycles. The quantitative estimate of drug-likeness (QED) is 0.706. The van der Waals surface area contributed by atoms with Crippen LogP contribution in [-0.4, -0.2) is 6.10 Å². The van der Waals surface area contributed by atoms with E-state index in [2.05, 4.69) is 34.1 Å². The molecule has 0 saturated heterocycles. The number of benzene rings is 1. The lowest BCUT2D eigenvalue weighted by molar-refractivity contribution is 0.242. The van der Waals surface area contributed by atoms with Gasteiger partial charge in [0, 0.05) is 0 Å². The summed E-state index contributed by atoms with van der Waals surface area (Å²) in [5.74, 6) is 0.909. The van der Waals surface area contributed by atoms with Crippen LogP contribution >= 0.6 is 38.9 Å². The minimum absolute atomic E-state index is 0.207. The van der Waals surface area contributed by atoms with E-state index in [0.29, 0.717) is 0 Å². The van der Waals surface area contributed by atoms with Gasteiger partial charge in [0.25, 0.3) is 0 Å². The van der Waals surface area contributed by atoms with Crippen molar-refractivity contribution in [1.29, 1.82) is 0 Å². The summed E-state index contributed by atoms with van der Waals surface area (Å²) >= 11 is 11.2. The van der Waals surface area contributed by atoms with Crippen LogP contribution in [0.15, 0.2) is 34.1 Å². The van der Waals surface area contributed by atoms with Gasteiger partial charge in [0.2, 0.25) is 0 Å². The van der Waals surface area contributed by atoms with Gasteiger partial charge in [0.1, 0.15) is 5.75 Å². The van der Waals surface area contributed by atoms with E-state index >= 15 is 0 Å². The van der Waals surface area contributed by atoms with E-state index in [1.807, 2.05) is 26.0 Å². The fraction of sp³-hybridized carbons (Fsp3) is 0.286. The Balaban J connectivity index is 2.08. The van der Waals surface area contributed by atoms with Crippen LogP contribution in [0.5, 0.6) is 5.75 Å². The highest BCUT2D eigenvalue weighted by Crippen LogP contribution is 2.33. The zero-order valence-electron chi connectivity index (χ0n) is 10.2. The van der Waals surface area contributed by atoms with Crippen molar-refractivity contribution in [1.82, 2.24) is 0 Å². The summed E-state index contributed by atoms with van der Waals surface area (Å²) in [7, 11) is 0. The lowest BCUT2D eigenvalue weighted by Gasteiger charge is -2.09. The van der Waals surface area contributed by atoms with E-state index in [1.54, 1.807) is 11.3 Å². The summed E-state index contributed by atoms with van der Waals surface area (Å²) in [4.78, 5) is 0. The Bertz CT molecular complexity index is 519. The number of hydrogen-bond donors (Lipinski definition) is 0. The van der Waals surface area contributed by atoms with E-state index in [4.69, 9.17) is 16.3 Å². The first-order valence-electron chi connectivity index (χ1n) is 5.74. The van der Waals surface area contributed by atoms with Crippen molar-refractivity contribution in [2.45, 2.75) is 26.4 Å². The van der Waals surface area contributed by atoms with Crippen molar-refractivity contribution in [3.63, 3.8) is 0 Å². The zero-order valence-corrected chi connectivity index (χ0v) is 13.4. The van der Waals surface area contributed by atoms with Gasteiger partial charge in [-0.15, -0.1) is 11.3 Å². The average molecular weight is 346 g/mol. The number of hydrogen-bond acceptors (Lipinski definition) is 2. The van der Waals surface area contributed by atoms with Crippen molar-refractivity contribution >= 4 is 38.9 Å². The van der Waals surface area contributed by atoms with Crippen LogP contribution in [0, 0.1) is 0 Å². The Hall–Kier alpha value is -0.510. The number of halogens is 2. The summed E-state index contributed by atoms with van der Waals surface area (Å²) in [5.41, 5.74) is 2.39. The molecule has 0 spiro atoms. The molecule has 0 bridgehead atoms. The fourth-order valence-corrected chi connectivity index (χ4v) is 3.72. The number of ether oxygens (including phenoxy) is 1. The third kappa shape index (κ3) is 3.74. The first-order chi connectivity index (χ1) is 8.54. The summed E-state index contributed by atoms with van der Waals surface area (Å²) in [6, 6.07) is 10.3. The highest BCUT2D eigenvalue weighted by molar-refractivity contribution is 9.11. The normalized spacial score (nSPS) is 10.9. The highest BCUT2D eigenvalue weighted by atomic mass is 79.9. The van der Waals surface area contributed by atoms with Gasteiger partial charge in [-0.05, 0) is 65.5 Å². The predicted octanol–water partition coefficient (Wildman–Crippen LogP) is 5.54. The molecule has 0 aliphatic carbocycles. The maximum atomic E-state index is 6.16. The second-order valence-electron chi connectivity index (χ2n) is 4.34. The molecule has 0 amide bonds. The summed E-state index contributed by atoms with van der Waals surface area (Å²) in [6.07, 6.45) is 1.06. The largest absolute Gasteiger partial charge is 0.491 e. The van der Waals surface area contributed by atoms with Crippen LogP contribution in [-0.2, 0) is 6.42 Å². The lowest BCUT2D eigenvalue weighted by atomic mass is 10.1. The van der Waals surface area contributed by atoms with Gasteiger partial charge >= 0.3 is 0 Å². The summed E-state index contributed by atoms with van der Waals surface area (Å²) in [6.45, 7) is 4.05. The molecule has 1 aromatic heterocycles. The summed E-state index contributed by atoms with van der Waals surface area (Å²) in [5, 5.41) is 0. The molecule has 96 valence electrons. The van der Waals surface area contributed by atoms with E-state index in [-0.39, 0.29) is 6.10 Å². The third-order valence-corrected chi connectivity index (χ3v) is 4.36. The first kappa shape index (κ1) is 13.9. The van der Waals surface area contributed by atoms with Gasteiger partial charge in [-0.25, -0.2) is 0 Å². The molecule has 1 heterocycles. The van der Waals surface area contributed by atoms with Gasteiger partial charge in [-0.3, -0.25) is 0 Å². The van der Waals surface area contributed by atoms with Crippen LogP contribution in [0.25, 0.3) is 0 Å². The molecule has 0 N–H and O–H groups in total. The molecule has 0 unspecified atom stereocenters. The maximum absolute atomic E-state index is 6.16. The molecule has 0 fully saturated rings. The Morgan fingerprint density at radius 2 is 1.94 bits per heavy atom. The van der Waals surface area contributed by atoms with Crippen LogP contribution in [0.3, 0.4) is 0 Å². The topological polar surface area (TPSA) is 9.23 Å². The smallest absolute Gasteiger partial charge is 0.119 e. The monoisotopic (exact) mass is 344 g/mol. The van der Waals surface area contributed by atoms with Gasteiger partial charge in [0.05, 0.1) is 14.2 Å². The van der Waals surface area contributed by atoms with Crippen LogP contribution in [0.1, 0.15) is 25.0 Å². The Kier molecular flexibility index (Phi) is 4.71. The first-order valence-corrected chi connectivity index (χ1v) is 7.72. The molecule has 18 heavy (non-hydrogen) atoms. The van der Waals surface area contributed by atoms with Crippen molar-refractivity contribution in [2.75, 3.05) is 0 Å². The van der Waals surface area contributed by atoms with Crippen LogP contribution in [0.2, 0.25) is 4.34 Å². The van der Waals surface area contributed by atoms with Gasteiger partial charge in [0.15, 0.2) is 0 Å². The molecular formula is C14H14BrClOS. The van der Waals surface area contributed by atoms with E-state index in [1.165, 1.54) is 5.56 Å². The standard InChI is InChI=1S/C14H14BrClOS/c1-9(2)17-12-5-3-10(4-6-12)7-11-8-13(15)18-14(11)16/h3-6,8-9H,7H2,1-2H3. The number of rotatable bonds is 4. The maximum Gasteiger partial charge on any atom is 0.119 e. The minimum Gasteiger partial charge on any atom is -0.491 e. The van der Waals surface area contributed by atoms with Crippen LogP contribution < -0.4 is 4.74 Å². The molecule has 1 nitrogen and oxygen atoms in total. The SMILES string of the molecule is CC(C)Oc1ccc(Cc2cc(Br)sc2Cl)cc1. The Morgan fingerprint density at radius 1 is 1.28 bits per heavy atom. The Labute approximate surface area is 125 Å². The fourth-order valence-electron chi connectivity index (χ4n) is 1.67. The molecule has 0 aliphatic rings. The second-order valence-corrected chi connectivity index (χ2v) is 7.37. The lowest BCUT2D eigenvalue weighted by Crippen LogP contribution is -2.05. The number of thiophene rings is 1. The zero-order chi connectivity index (χ0) is 13.1. The van der Waals surface area contributed by atoms with Gasteiger partial charge < -0.3 is 4.74 Å². The average Bonchev–Trinajstić information content (AvgIpc) is 2.59. The summed E-state index contributed by atoms with van der Waals surface area (Å²) < 4.78 is 7.54. The molecule has 2 aromatic rings. The molecule has 4 heteroatoms. The Morgan fingerprint density at radius 3 is 2.44 bits per heavy atom. The van der Waals surface area contributed by atoms with Crippen LogP contribution in [0.4, 0.5) is 0 Å². The third-order valence-electron chi connectivity index (χ3n) is 2.42.